The number of terminal acetylenes is 1. The number of nitrogens with one attached hydrogen (secondary N) is 1. The Labute approximate surface area is 202 Å². The van der Waals surface area contributed by atoms with Gasteiger partial charge in [0.2, 0.25) is 0 Å². The van der Waals surface area contributed by atoms with Crippen LogP contribution in [0.3, 0.4) is 0 Å². The fraction of sp³-hybridized carbons (Fsp3) is 0.240. The number of hydrogen-bond donors (Lipinski definition) is 1. The zero-order chi connectivity index (χ0) is 23.2. The van der Waals surface area contributed by atoms with Crippen LogP contribution in [0.15, 0.2) is 48.7 Å². The van der Waals surface area contributed by atoms with E-state index in [2.05, 4.69) is 49.1 Å². The molecule has 1 aliphatic heterocycles. The second kappa shape index (κ2) is 10.4. The second-order valence-corrected chi connectivity index (χ2v) is 8.10. The van der Waals surface area contributed by atoms with Crippen LogP contribution >= 0.6 is 0 Å². The van der Waals surface area contributed by atoms with Crippen LogP contribution in [0.5, 0.6) is 11.5 Å². The summed E-state index contributed by atoms with van der Waals surface area (Å²) in [5, 5.41) is 14.1. The third-order valence-corrected chi connectivity index (χ3v) is 6.10. The van der Waals surface area contributed by atoms with Crippen molar-refractivity contribution < 1.29 is 26.5 Å². The number of anilines is 2. The molecule has 3 aromatic rings. The molecular weight excluding hydrogens is 453 g/mol. The standard InChI is InChI=1S/C25H23N5O2.V/c1-3-13-32-24-15-22-21(14-23(24)31-2)25(19(16-26)17-27-22)30-11-9-29(10-12-30)18-28-20-7-5-4-6-8-20;/h1,4-8,14-15,17,28H,9-13H2,2H3;. The molecule has 1 fully saturated rings. The number of benzene rings is 2. The first-order chi connectivity index (χ1) is 16.1. The molecule has 1 N–H and O–H groups in total. The molecule has 2 aromatic carbocycles. The molecule has 0 amide bonds. The maximum absolute atomic E-state index is 9.79. The Morgan fingerprint density at radius 2 is 1.94 bits per heavy atom. The fourth-order valence-corrected chi connectivity index (χ4v) is 4.39. The van der Waals surface area contributed by atoms with Crippen molar-refractivity contribution >= 4 is 26.8 Å². The molecule has 0 aliphatic carbocycles. The number of methoxy groups -OCH3 is 1. The van der Waals surface area contributed by atoms with E-state index in [4.69, 9.17) is 15.9 Å². The Morgan fingerprint density at radius 3 is 2.61 bits per heavy atom. The number of pyridine rings is 1. The molecule has 165 valence electrons. The minimum absolute atomic E-state index is 0.137. The number of nitriles is 1. The van der Waals surface area contributed by atoms with Crippen molar-refractivity contribution in [2.45, 2.75) is 0 Å². The van der Waals surface area contributed by atoms with E-state index < -0.39 is 0 Å². The number of rotatable bonds is 7. The van der Waals surface area contributed by atoms with Crippen molar-refractivity contribution in [3.05, 3.63) is 54.2 Å². The van der Waals surface area contributed by atoms with Crippen LogP contribution in [0.1, 0.15) is 5.56 Å². The molecule has 2 heterocycles. The van der Waals surface area contributed by atoms with E-state index in [9.17, 15) is 5.26 Å². The van der Waals surface area contributed by atoms with Gasteiger partial charge in [0.1, 0.15) is 0 Å². The van der Waals surface area contributed by atoms with Gasteiger partial charge >= 0.3 is 190 Å². The van der Waals surface area contributed by atoms with Crippen molar-refractivity contribution in [2.24, 2.45) is 0 Å². The molecule has 0 radical (unpaired) electrons. The van der Waals surface area contributed by atoms with E-state index in [1.54, 1.807) is 13.3 Å². The average Bonchev–Trinajstić information content (AvgIpc) is 2.86. The van der Waals surface area contributed by atoms with Crippen LogP contribution in [0.2, 0.25) is 0 Å². The van der Waals surface area contributed by atoms with Crippen molar-refractivity contribution in [1.29, 1.82) is 5.26 Å². The Kier molecular flexibility index (Phi) is 7.17. The quantitative estimate of drug-likeness (QED) is 0.526. The Balaban J connectivity index is 1.58. The zero-order valence-electron chi connectivity index (χ0n) is 18.3. The summed E-state index contributed by atoms with van der Waals surface area (Å²) in [5.41, 5.74) is 3.18. The number of aromatic nitrogens is 1. The van der Waals surface area contributed by atoms with Gasteiger partial charge in [-0.3, -0.25) is 0 Å². The molecule has 1 aliphatic rings. The second-order valence-electron chi connectivity index (χ2n) is 7.43. The van der Waals surface area contributed by atoms with Gasteiger partial charge in [-0.15, -0.1) is 6.42 Å². The number of piperazine rings is 1. The van der Waals surface area contributed by atoms with Crippen LogP contribution in [0.25, 0.3) is 10.9 Å². The van der Waals surface area contributed by atoms with Gasteiger partial charge < -0.3 is 0 Å². The van der Waals surface area contributed by atoms with Crippen LogP contribution in [0, 0.1) is 23.7 Å². The molecule has 0 spiro atoms. The van der Waals surface area contributed by atoms with Crippen LogP contribution in [0.4, 0.5) is 11.4 Å². The van der Waals surface area contributed by atoms with Gasteiger partial charge in [-0.25, -0.2) is 0 Å². The molecule has 0 saturated carbocycles. The monoisotopic (exact) mass is 476 g/mol. The van der Waals surface area contributed by atoms with E-state index in [1.807, 2.05) is 42.5 Å². The summed E-state index contributed by atoms with van der Waals surface area (Å²) in [5.74, 6) is 3.55. The summed E-state index contributed by atoms with van der Waals surface area (Å²) in [7, 11) is 1.58. The van der Waals surface area contributed by atoms with Crippen molar-refractivity contribution in [1.82, 2.24) is 9.88 Å². The number of hydrogen-bond acceptors (Lipinski definition) is 7. The van der Waals surface area contributed by atoms with E-state index >= 15 is 0 Å². The minimum atomic E-state index is 0.137. The first kappa shape index (κ1) is 22.7. The summed E-state index contributed by atoms with van der Waals surface area (Å²) >= 11 is 2.62. The van der Waals surface area contributed by atoms with Gasteiger partial charge in [0.05, 0.1) is 0 Å². The van der Waals surface area contributed by atoms with Gasteiger partial charge in [-0.05, 0) is 0 Å². The molecule has 0 unspecified atom stereocenters. The summed E-state index contributed by atoms with van der Waals surface area (Å²) in [6.07, 6.45) is 6.95. The number of para-hydroxylation sites is 1. The average molecular weight is 476 g/mol. The van der Waals surface area contributed by atoms with Crippen molar-refractivity contribution in [2.75, 3.05) is 50.1 Å². The number of nitrogens with zero attached hydrogens (tertiary/aromatic N) is 4. The fourth-order valence-electron chi connectivity index (χ4n) is 3.87. The first-order valence-corrected chi connectivity index (χ1v) is 11.2. The summed E-state index contributed by atoms with van der Waals surface area (Å²) < 4.78 is 12.2. The van der Waals surface area contributed by atoms with Crippen molar-refractivity contribution in [3.63, 3.8) is 0 Å². The maximum atomic E-state index is 9.79. The number of ether oxygens (including phenoxy) is 2. The van der Waals surface area contributed by atoms with Gasteiger partial charge in [-0.2, -0.15) is 0 Å². The number of fused-ring (bicyclic) bond motifs is 1. The first-order valence-electron chi connectivity index (χ1n) is 10.5. The normalized spacial score (nSPS) is 13.7. The predicted octanol–water partition coefficient (Wildman–Crippen LogP) is 3.00. The van der Waals surface area contributed by atoms with E-state index in [0.29, 0.717) is 17.1 Å². The molecule has 1 aromatic heterocycles. The predicted molar refractivity (Wildman–Crippen MR) is 126 cm³/mol. The Morgan fingerprint density at radius 1 is 1.18 bits per heavy atom. The topological polar surface area (TPSA) is 73.7 Å². The third kappa shape index (κ3) is 4.97. The Bertz CT molecular complexity index is 1240. The van der Waals surface area contributed by atoms with Gasteiger partial charge in [-0.1, -0.05) is 5.92 Å². The third-order valence-electron chi connectivity index (χ3n) is 5.48. The van der Waals surface area contributed by atoms with Gasteiger partial charge in [0.25, 0.3) is 0 Å². The van der Waals surface area contributed by atoms with Crippen LogP contribution < -0.4 is 19.7 Å². The van der Waals surface area contributed by atoms with Gasteiger partial charge in [0, 0.05) is 0 Å². The van der Waals surface area contributed by atoms with Crippen LogP contribution in [-0.2, 0) is 17.0 Å². The van der Waals surface area contributed by atoms with Crippen molar-refractivity contribution in [3.8, 4) is 29.9 Å². The zero-order valence-corrected chi connectivity index (χ0v) is 19.7. The summed E-state index contributed by atoms with van der Waals surface area (Å²) in [4.78, 5) is 9.01. The van der Waals surface area contributed by atoms with Crippen LogP contribution in [-0.4, -0.2) is 54.3 Å². The SMILES string of the molecule is C#CCOc1cc2ncc(C#N)c(N3CCN([C](=[V])Nc4ccccc4)CC3)c2cc1OC. The summed E-state index contributed by atoms with van der Waals surface area (Å²) in [6, 6.07) is 16.1. The molecule has 7 nitrogen and oxygen atoms in total. The molecule has 4 rings (SSSR count). The van der Waals surface area contributed by atoms with E-state index in [-0.39, 0.29) is 6.61 Å². The van der Waals surface area contributed by atoms with Gasteiger partial charge in [0.15, 0.2) is 0 Å². The molecule has 0 atom stereocenters. The molecule has 1 saturated heterocycles. The molecule has 8 heteroatoms. The van der Waals surface area contributed by atoms with E-state index in [1.165, 1.54) is 0 Å². The van der Waals surface area contributed by atoms with E-state index in [0.717, 1.165) is 52.9 Å². The molecular formula is C25H23N5O2V. The Hall–Kier alpha value is -3.49. The molecule has 33 heavy (non-hydrogen) atoms. The summed E-state index contributed by atoms with van der Waals surface area (Å²) in [6.45, 7) is 3.31. The molecule has 0 bridgehead atoms.